The summed E-state index contributed by atoms with van der Waals surface area (Å²) < 4.78 is 37.1. The van der Waals surface area contributed by atoms with Crippen molar-refractivity contribution in [2.45, 2.75) is 95.3 Å². The van der Waals surface area contributed by atoms with E-state index in [2.05, 4.69) is 6.92 Å². The average molecular weight is 463 g/mol. The summed E-state index contributed by atoms with van der Waals surface area (Å²) in [5, 5.41) is 10.2. The van der Waals surface area contributed by atoms with Gasteiger partial charge in [0, 0.05) is 0 Å². The van der Waals surface area contributed by atoms with Crippen LogP contribution in [0.25, 0.3) is 0 Å². The van der Waals surface area contributed by atoms with Crippen molar-refractivity contribution in [3.05, 3.63) is 48.0 Å². The van der Waals surface area contributed by atoms with Gasteiger partial charge in [-0.2, -0.15) is 8.42 Å². The number of hydrogen-bond acceptors (Lipinski definition) is 4. The van der Waals surface area contributed by atoms with Gasteiger partial charge in [-0.1, -0.05) is 77.6 Å². The molecule has 0 spiro atoms. The van der Waals surface area contributed by atoms with E-state index in [4.69, 9.17) is 9.29 Å². The Morgan fingerprint density at radius 1 is 0.719 bits per heavy atom. The summed E-state index contributed by atoms with van der Waals surface area (Å²) in [5.74, 6) is 1.30. The van der Waals surface area contributed by atoms with Gasteiger partial charge in [-0.15, -0.1) is 0 Å². The Kier molecular flexibility index (Phi) is 11.6. The summed E-state index contributed by atoms with van der Waals surface area (Å²) >= 11 is 0. The molecule has 0 aliphatic heterocycles. The predicted molar refractivity (Wildman–Crippen MR) is 129 cm³/mol. The Bertz CT molecular complexity index is 891. The van der Waals surface area contributed by atoms with Gasteiger partial charge in [0.25, 0.3) is 10.1 Å². The first-order valence-electron chi connectivity index (χ1n) is 12.0. The maximum absolute atomic E-state index is 11.1. The van der Waals surface area contributed by atoms with Gasteiger partial charge >= 0.3 is 0 Å². The van der Waals surface area contributed by atoms with E-state index in [1.54, 1.807) is 12.1 Å². The molecule has 0 unspecified atom stereocenters. The number of unbranched alkanes of at least 4 members (excludes halogenated alkanes) is 11. The monoisotopic (exact) mass is 462 g/mol. The highest BCUT2D eigenvalue weighted by atomic mass is 32.2. The molecule has 6 heteroatoms. The maximum Gasteiger partial charge on any atom is 0.294 e. The summed E-state index contributed by atoms with van der Waals surface area (Å²) in [6, 6.07) is 10.7. The van der Waals surface area contributed by atoms with Gasteiger partial charge < -0.3 is 9.84 Å². The van der Waals surface area contributed by atoms with Gasteiger partial charge in [-0.05, 0) is 60.9 Å². The first-order valence-corrected chi connectivity index (χ1v) is 13.4. The minimum atomic E-state index is -4.22. The minimum absolute atomic E-state index is 0.178. The molecule has 32 heavy (non-hydrogen) atoms. The first kappa shape index (κ1) is 26.2. The van der Waals surface area contributed by atoms with Crippen molar-refractivity contribution < 1.29 is 22.8 Å². The van der Waals surface area contributed by atoms with Crippen LogP contribution >= 0.6 is 0 Å². The van der Waals surface area contributed by atoms with Crippen LogP contribution in [0.3, 0.4) is 0 Å². The van der Waals surface area contributed by atoms with Gasteiger partial charge in [0.05, 0.1) is 4.90 Å². The van der Waals surface area contributed by atoms with E-state index in [0.29, 0.717) is 11.5 Å². The molecule has 0 radical (unpaired) electrons. The van der Waals surface area contributed by atoms with Crippen LogP contribution in [0.5, 0.6) is 17.2 Å². The third kappa shape index (κ3) is 10.0. The smallest absolute Gasteiger partial charge is 0.294 e. The summed E-state index contributed by atoms with van der Waals surface area (Å²) in [7, 11) is -4.22. The van der Waals surface area contributed by atoms with E-state index < -0.39 is 10.1 Å². The van der Waals surface area contributed by atoms with Crippen molar-refractivity contribution in [1.29, 1.82) is 0 Å². The Morgan fingerprint density at radius 3 is 1.75 bits per heavy atom. The lowest BCUT2D eigenvalue weighted by atomic mass is 10.0. The van der Waals surface area contributed by atoms with E-state index in [1.807, 2.05) is 6.07 Å². The molecule has 5 nitrogen and oxygen atoms in total. The molecular formula is C26H38O5S. The Balaban J connectivity index is 1.67. The molecular weight excluding hydrogens is 424 g/mol. The SMILES string of the molecule is CCCCCCCCCCCCCCc1cc(Oc2ccc(S(=O)(=O)O)cc2)ccc1O. The second-order valence-electron chi connectivity index (χ2n) is 8.48. The highest BCUT2D eigenvalue weighted by molar-refractivity contribution is 7.85. The van der Waals surface area contributed by atoms with Gasteiger partial charge in [0.2, 0.25) is 0 Å². The fourth-order valence-corrected chi connectivity index (χ4v) is 4.28. The van der Waals surface area contributed by atoms with Crippen LogP contribution in [-0.2, 0) is 16.5 Å². The lowest BCUT2D eigenvalue weighted by molar-refractivity contribution is 0.455. The van der Waals surface area contributed by atoms with Gasteiger partial charge in [-0.3, -0.25) is 4.55 Å². The fraction of sp³-hybridized carbons (Fsp3) is 0.538. The lowest BCUT2D eigenvalue weighted by Gasteiger charge is -2.10. The molecule has 0 aliphatic rings. The quantitative estimate of drug-likeness (QED) is 0.197. The molecule has 0 heterocycles. The van der Waals surface area contributed by atoms with E-state index >= 15 is 0 Å². The first-order chi connectivity index (χ1) is 15.4. The molecule has 178 valence electrons. The largest absolute Gasteiger partial charge is 0.508 e. The standard InChI is InChI=1S/C26H38O5S/c1-2-3-4-5-6-7-8-9-10-11-12-13-14-22-21-24(17-20-26(22)27)31-23-15-18-25(19-16-23)32(28,29)30/h15-21,27H,2-14H2,1H3,(H,28,29,30). The number of aryl methyl sites for hydroxylation is 1. The highest BCUT2D eigenvalue weighted by Crippen LogP contribution is 2.29. The van der Waals surface area contributed by atoms with Crippen molar-refractivity contribution in [2.75, 3.05) is 0 Å². The molecule has 0 aliphatic carbocycles. The number of hydrogen-bond donors (Lipinski definition) is 2. The predicted octanol–water partition coefficient (Wildman–Crippen LogP) is 7.67. The van der Waals surface area contributed by atoms with E-state index in [1.165, 1.54) is 88.5 Å². The molecule has 0 atom stereocenters. The maximum atomic E-state index is 11.1. The summed E-state index contributed by atoms with van der Waals surface area (Å²) in [5.41, 5.74) is 0.851. The van der Waals surface area contributed by atoms with E-state index in [-0.39, 0.29) is 10.6 Å². The summed E-state index contributed by atoms with van der Waals surface area (Å²) in [6.45, 7) is 2.25. The minimum Gasteiger partial charge on any atom is -0.508 e. The van der Waals surface area contributed by atoms with E-state index in [9.17, 15) is 13.5 Å². The molecule has 0 bridgehead atoms. The van der Waals surface area contributed by atoms with Crippen LogP contribution in [-0.4, -0.2) is 18.1 Å². The molecule has 0 saturated heterocycles. The Morgan fingerprint density at radius 2 is 1.22 bits per heavy atom. The molecule has 0 aromatic heterocycles. The zero-order chi connectivity index (χ0) is 23.2. The van der Waals surface area contributed by atoms with Gasteiger partial charge in [-0.25, -0.2) is 0 Å². The second kappa shape index (κ2) is 14.2. The zero-order valence-corrected chi connectivity index (χ0v) is 20.1. The topological polar surface area (TPSA) is 83.8 Å². The number of phenols is 1. The highest BCUT2D eigenvalue weighted by Gasteiger charge is 2.10. The zero-order valence-electron chi connectivity index (χ0n) is 19.3. The van der Waals surface area contributed by atoms with Crippen LogP contribution in [0.2, 0.25) is 0 Å². The lowest BCUT2D eigenvalue weighted by Crippen LogP contribution is -1.97. The van der Waals surface area contributed by atoms with Crippen LogP contribution in [0.1, 0.15) is 89.5 Å². The van der Waals surface area contributed by atoms with Crippen LogP contribution in [0, 0.1) is 0 Å². The average Bonchev–Trinajstić information content (AvgIpc) is 2.76. The van der Waals surface area contributed by atoms with Crippen molar-refractivity contribution in [3.8, 4) is 17.2 Å². The number of benzene rings is 2. The van der Waals surface area contributed by atoms with Gasteiger partial charge in [0.1, 0.15) is 17.2 Å². The number of aromatic hydroxyl groups is 1. The molecule has 2 rings (SSSR count). The third-order valence-electron chi connectivity index (χ3n) is 5.71. The molecule has 2 aromatic carbocycles. The normalized spacial score (nSPS) is 11.6. The van der Waals surface area contributed by atoms with Crippen molar-refractivity contribution >= 4 is 10.1 Å². The number of rotatable bonds is 16. The Hall–Kier alpha value is -2.05. The van der Waals surface area contributed by atoms with Crippen LogP contribution < -0.4 is 4.74 Å². The molecule has 0 fully saturated rings. The summed E-state index contributed by atoms with van der Waals surface area (Å²) in [4.78, 5) is -0.178. The van der Waals surface area contributed by atoms with Crippen molar-refractivity contribution in [2.24, 2.45) is 0 Å². The van der Waals surface area contributed by atoms with Crippen LogP contribution in [0.4, 0.5) is 0 Å². The third-order valence-corrected chi connectivity index (χ3v) is 6.58. The Labute approximate surface area is 193 Å². The van der Waals surface area contributed by atoms with Crippen molar-refractivity contribution in [3.63, 3.8) is 0 Å². The van der Waals surface area contributed by atoms with E-state index in [0.717, 1.165) is 24.8 Å². The molecule has 2 aromatic rings. The number of phenolic OH excluding ortho intramolecular Hbond substituents is 1. The van der Waals surface area contributed by atoms with Crippen molar-refractivity contribution in [1.82, 2.24) is 0 Å². The molecule has 0 amide bonds. The van der Waals surface area contributed by atoms with Gasteiger partial charge in [0.15, 0.2) is 0 Å². The number of ether oxygens (including phenoxy) is 1. The second-order valence-corrected chi connectivity index (χ2v) is 9.90. The summed E-state index contributed by atoms with van der Waals surface area (Å²) in [6.07, 6.45) is 16.3. The molecule has 2 N–H and O–H groups in total. The van der Waals surface area contributed by atoms with Crippen LogP contribution in [0.15, 0.2) is 47.4 Å². The fourth-order valence-electron chi connectivity index (χ4n) is 3.80. The molecule has 0 saturated carbocycles.